The van der Waals surface area contributed by atoms with Crippen molar-refractivity contribution in [3.05, 3.63) is 63.6 Å². The number of alkyl halides is 4. The van der Waals surface area contributed by atoms with Gasteiger partial charge in [-0.1, -0.05) is 57.3 Å². The zero-order chi connectivity index (χ0) is 20.9. The third-order valence-electron chi connectivity index (χ3n) is 3.68. The highest BCUT2D eigenvalue weighted by molar-refractivity contribution is 9.09. The summed E-state index contributed by atoms with van der Waals surface area (Å²) in [6.07, 6.45) is -4.41. The number of rotatable bonds is 5. The Hall–Kier alpha value is -1.77. The van der Waals surface area contributed by atoms with Crippen molar-refractivity contribution in [1.29, 1.82) is 0 Å². The fourth-order valence-corrected chi connectivity index (χ4v) is 2.98. The first-order valence-electron chi connectivity index (χ1n) is 7.94. The first-order chi connectivity index (χ1) is 13.1. The molecule has 28 heavy (non-hydrogen) atoms. The molecule has 0 heterocycles. The van der Waals surface area contributed by atoms with Gasteiger partial charge in [-0.3, -0.25) is 10.1 Å². The van der Waals surface area contributed by atoms with Crippen LogP contribution in [0.5, 0.6) is 0 Å². The Labute approximate surface area is 177 Å². The Morgan fingerprint density at radius 1 is 1.07 bits per heavy atom. The normalized spacial score (nSPS) is 12.4. The summed E-state index contributed by atoms with van der Waals surface area (Å²) >= 11 is 14.6. The minimum absolute atomic E-state index is 0.103. The summed E-state index contributed by atoms with van der Waals surface area (Å²) in [5.41, 5.74) is 0.930. The zero-order valence-corrected chi connectivity index (χ0v) is 17.2. The minimum Gasteiger partial charge on any atom is -0.308 e. The largest absolute Gasteiger partial charge is 0.401 e. The van der Waals surface area contributed by atoms with E-state index in [0.717, 1.165) is 0 Å². The average molecular weight is 498 g/mol. The molecule has 4 nitrogen and oxygen atoms in total. The maximum Gasteiger partial charge on any atom is 0.401 e. The van der Waals surface area contributed by atoms with Gasteiger partial charge in [0.1, 0.15) is 4.83 Å². The van der Waals surface area contributed by atoms with E-state index in [1.807, 2.05) is 0 Å². The topological polar surface area (TPSA) is 58.2 Å². The molecule has 0 saturated carbocycles. The summed E-state index contributed by atoms with van der Waals surface area (Å²) in [5, 5.41) is 4.96. The van der Waals surface area contributed by atoms with E-state index >= 15 is 0 Å². The van der Waals surface area contributed by atoms with Crippen LogP contribution in [0.2, 0.25) is 10.0 Å². The van der Waals surface area contributed by atoms with Crippen molar-refractivity contribution in [1.82, 2.24) is 5.32 Å². The summed E-state index contributed by atoms with van der Waals surface area (Å²) in [6.45, 7) is 0. The number of amides is 3. The maximum atomic E-state index is 12.5. The lowest BCUT2D eigenvalue weighted by atomic mass is 10.1. The lowest BCUT2D eigenvalue weighted by Gasteiger charge is -2.14. The van der Waals surface area contributed by atoms with Gasteiger partial charge in [0.05, 0.1) is 10.6 Å². The number of hydrogen-bond donors (Lipinski definition) is 2. The predicted molar refractivity (Wildman–Crippen MR) is 106 cm³/mol. The summed E-state index contributed by atoms with van der Waals surface area (Å²) in [7, 11) is 0. The molecule has 1 atom stereocenters. The van der Waals surface area contributed by atoms with Gasteiger partial charge in [0.15, 0.2) is 0 Å². The van der Waals surface area contributed by atoms with E-state index in [4.69, 9.17) is 23.2 Å². The number of hydrogen-bond acceptors (Lipinski definition) is 2. The van der Waals surface area contributed by atoms with E-state index in [9.17, 15) is 22.8 Å². The quantitative estimate of drug-likeness (QED) is 0.482. The van der Waals surface area contributed by atoms with Crippen molar-refractivity contribution in [2.24, 2.45) is 0 Å². The Bertz CT molecular complexity index is 878. The van der Waals surface area contributed by atoms with Gasteiger partial charge in [0.25, 0.3) is 5.91 Å². The molecule has 0 spiro atoms. The first kappa shape index (κ1) is 22.5. The number of nitrogens with one attached hydrogen (secondary N) is 2. The van der Waals surface area contributed by atoms with Crippen molar-refractivity contribution in [2.45, 2.75) is 23.8 Å². The van der Waals surface area contributed by atoms with Crippen LogP contribution in [0, 0.1) is 0 Å². The molecular formula is C18H14BrCl2F3N2O2. The number of benzene rings is 2. The van der Waals surface area contributed by atoms with Crippen LogP contribution in [-0.4, -0.2) is 22.9 Å². The van der Waals surface area contributed by atoms with Crippen LogP contribution in [0.1, 0.15) is 22.3 Å². The molecule has 0 saturated heterocycles. The second kappa shape index (κ2) is 9.62. The van der Waals surface area contributed by atoms with Crippen molar-refractivity contribution >= 4 is 56.8 Å². The molecule has 0 bridgehead atoms. The Morgan fingerprint density at radius 2 is 1.75 bits per heavy atom. The van der Waals surface area contributed by atoms with Gasteiger partial charge in [-0.25, -0.2) is 4.79 Å². The van der Waals surface area contributed by atoms with Crippen LogP contribution in [0.15, 0.2) is 42.5 Å². The molecule has 0 aliphatic carbocycles. The van der Waals surface area contributed by atoms with Crippen molar-refractivity contribution in [3.8, 4) is 0 Å². The SMILES string of the molecule is O=C(NC(=O)c1ccccc1Cl)Nc1ccc(CCC(Br)C(F)(F)F)c(Cl)c1. The third-order valence-corrected chi connectivity index (χ3v) is 5.34. The summed E-state index contributed by atoms with van der Waals surface area (Å²) in [4.78, 5) is 22.4. The van der Waals surface area contributed by atoms with Crippen LogP contribution >= 0.6 is 39.1 Å². The van der Waals surface area contributed by atoms with Gasteiger partial charge < -0.3 is 5.32 Å². The molecule has 0 aromatic heterocycles. The minimum atomic E-state index is -4.33. The highest BCUT2D eigenvalue weighted by Gasteiger charge is 2.37. The molecule has 0 aliphatic heterocycles. The van der Waals surface area contributed by atoms with Crippen LogP contribution in [0.25, 0.3) is 0 Å². The van der Waals surface area contributed by atoms with E-state index in [-0.39, 0.29) is 34.1 Å². The van der Waals surface area contributed by atoms with Gasteiger partial charge in [0, 0.05) is 10.7 Å². The third kappa shape index (κ3) is 6.39. The summed E-state index contributed by atoms with van der Waals surface area (Å²) in [6, 6.07) is 9.83. The zero-order valence-electron chi connectivity index (χ0n) is 14.1. The highest BCUT2D eigenvalue weighted by Crippen LogP contribution is 2.31. The molecule has 0 fully saturated rings. The van der Waals surface area contributed by atoms with Gasteiger partial charge in [-0.05, 0) is 42.7 Å². The monoisotopic (exact) mass is 496 g/mol. The van der Waals surface area contributed by atoms with Gasteiger partial charge in [0.2, 0.25) is 0 Å². The van der Waals surface area contributed by atoms with E-state index in [2.05, 4.69) is 26.6 Å². The molecule has 2 rings (SSSR count). The Morgan fingerprint density at radius 3 is 2.36 bits per heavy atom. The van der Waals surface area contributed by atoms with E-state index in [0.29, 0.717) is 5.56 Å². The summed E-state index contributed by atoms with van der Waals surface area (Å²) < 4.78 is 37.6. The molecule has 0 aliphatic rings. The number of imide groups is 1. The van der Waals surface area contributed by atoms with Crippen molar-refractivity contribution < 1.29 is 22.8 Å². The lowest BCUT2D eigenvalue weighted by molar-refractivity contribution is -0.128. The molecular weight excluding hydrogens is 484 g/mol. The Balaban J connectivity index is 1.95. The smallest absolute Gasteiger partial charge is 0.308 e. The van der Waals surface area contributed by atoms with Crippen LogP contribution in [-0.2, 0) is 6.42 Å². The van der Waals surface area contributed by atoms with E-state index in [1.54, 1.807) is 12.1 Å². The van der Waals surface area contributed by atoms with Crippen LogP contribution in [0.3, 0.4) is 0 Å². The van der Waals surface area contributed by atoms with Gasteiger partial charge in [-0.2, -0.15) is 13.2 Å². The average Bonchev–Trinajstić information content (AvgIpc) is 2.60. The lowest BCUT2D eigenvalue weighted by Crippen LogP contribution is -2.34. The van der Waals surface area contributed by atoms with Gasteiger partial charge in [-0.15, -0.1) is 0 Å². The molecule has 2 aromatic carbocycles. The highest BCUT2D eigenvalue weighted by atomic mass is 79.9. The number of anilines is 1. The Kier molecular flexibility index (Phi) is 7.74. The number of aryl methyl sites for hydroxylation is 1. The molecule has 0 radical (unpaired) electrons. The summed E-state index contributed by atoms with van der Waals surface area (Å²) in [5.74, 6) is -0.679. The van der Waals surface area contributed by atoms with Crippen molar-refractivity contribution in [3.63, 3.8) is 0 Å². The van der Waals surface area contributed by atoms with E-state index < -0.39 is 22.9 Å². The second-order valence-electron chi connectivity index (χ2n) is 5.74. The van der Waals surface area contributed by atoms with Crippen molar-refractivity contribution in [2.75, 3.05) is 5.32 Å². The number of urea groups is 1. The molecule has 10 heteroatoms. The number of halogens is 6. The van der Waals surface area contributed by atoms with Crippen LogP contribution in [0.4, 0.5) is 23.7 Å². The molecule has 3 amide bonds. The molecule has 150 valence electrons. The van der Waals surface area contributed by atoms with Crippen LogP contribution < -0.4 is 10.6 Å². The standard InChI is InChI=1S/C18H14BrCl2F3N2O2/c19-15(18(22,23)24)8-6-10-5-7-11(9-14(10)21)25-17(28)26-16(27)12-3-1-2-4-13(12)20/h1-5,7,9,15H,6,8H2,(H2,25,26,27,28). The second-order valence-corrected chi connectivity index (χ2v) is 7.66. The maximum absolute atomic E-state index is 12.5. The predicted octanol–water partition coefficient (Wildman–Crippen LogP) is 6.21. The first-order valence-corrected chi connectivity index (χ1v) is 9.61. The fourth-order valence-electron chi connectivity index (χ4n) is 2.25. The molecule has 2 N–H and O–H groups in total. The fraction of sp³-hybridized carbons (Fsp3) is 0.222. The van der Waals surface area contributed by atoms with E-state index in [1.165, 1.54) is 30.3 Å². The van der Waals surface area contributed by atoms with Gasteiger partial charge >= 0.3 is 12.2 Å². The molecule has 1 unspecified atom stereocenters. The number of carbonyl (C=O) groups is 2. The number of carbonyl (C=O) groups excluding carboxylic acids is 2. The molecule has 2 aromatic rings.